The van der Waals surface area contributed by atoms with Crippen molar-refractivity contribution in [3.63, 3.8) is 0 Å². The highest BCUT2D eigenvalue weighted by molar-refractivity contribution is 6.04. The van der Waals surface area contributed by atoms with E-state index in [0.717, 1.165) is 16.8 Å². The van der Waals surface area contributed by atoms with Crippen LogP contribution in [0.4, 0.5) is 5.69 Å². The fourth-order valence-electron chi connectivity index (χ4n) is 2.15. The zero-order valence-electron chi connectivity index (χ0n) is 12.2. The SMILES string of the molecule is Cc1ccc(NC(=O)c2cccc(Cn3cncn3)c2)cc1. The van der Waals surface area contributed by atoms with Crippen molar-refractivity contribution in [2.75, 3.05) is 5.32 Å². The molecule has 1 aromatic heterocycles. The normalized spacial score (nSPS) is 10.4. The van der Waals surface area contributed by atoms with Crippen LogP contribution < -0.4 is 5.32 Å². The molecule has 0 fully saturated rings. The minimum atomic E-state index is -0.121. The molecule has 1 heterocycles. The number of aryl methyl sites for hydroxylation is 1. The maximum atomic E-state index is 12.3. The molecule has 2 aromatic carbocycles. The van der Waals surface area contributed by atoms with Crippen LogP contribution in [0.5, 0.6) is 0 Å². The van der Waals surface area contributed by atoms with Crippen LogP contribution in [0.1, 0.15) is 21.5 Å². The number of carbonyl (C=O) groups is 1. The number of carbonyl (C=O) groups excluding carboxylic acids is 1. The maximum Gasteiger partial charge on any atom is 0.255 e. The number of nitrogens with zero attached hydrogens (tertiary/aromatic N) is 3. The Hall–Kier alpha value is -2.95. The summed E-state index contributed by atoms with van der Waals surface area (Å²) >= 11 is 0. The maximum absolute atomic E-state index is 12.3. The van der Waals surface area contributed by atoms with Gasteiger partial charge >= 0.3 is 0 Å². The standard InChI is InChI=1S/C17H16N4O/c1-13-5-7-16(8-6-13)20-17(22)15-4-2-3-14(9-15)10-21-12-18-11-19-21/h2-9,11-12H,10H2,1H3,(H,20,22). The monoisotopic (exact) mass is 292 g/mol. The van der Waals surface area contributed by atoms with Crippen molar-refractivity contribution in [2.45, 2.75) is 13.5 Å². The van der Waals surface area contributed by atoms with Crippen molar-refractivity contribution in [2.24, 2.45) is 0 Å². The molecule has 0 aliphatic heterocycles. The predicted octanol–water partition coefficient (Wildman–Crippen LogP) is 2.89. The van der Waals surface area contributed by atoms with E-state index in [1.165, 1.54) is 6.33 Å². The molecule has 0 spiro atoms. The highest BCUT2D eigenvalue weighted by Gasteiger charge is 2.07. The molecule has 110 valence electrons. The van der Waals surface area contributed by atoms with Gasteiger partial charge in [-0.2, -0.15) is 5.10 Å². The van der Waals surface area contributed by atoms with Crippen molar-refractivity contribution in [3.05, 3.63) is 77.9 Å². The van der Waals surface area contributed by atoms with Gasteiger partial charge in [-0.15, -0.1) is 0 Å². The zero-order valence-corrected chi connectivity index (χ0v) is 12.2. The van der Waals surface area contributed by atoms with Crippen molar-refractivity contribution >= 4 is 11.6 Å². The lowest BCUT2D eigenvalue weighted by Gasteiger charge is -2.07. The molecule has 5 nitrogen and oxygen atoms in total. The van der Waals surface area contributed by atoms with Gasteiger partial charge in [0.25, 0.3) is 5.91 Å². The Labute approximate surface area is 128 Å². The predicted molar refractivity (Wildman–Crippen MR) is 84.7 cm³/mol. The van der Waals surface area contributed by atoms with Gasteiger partial charge in [0.15, 0.2) is 0 Å². The summed E-state index contributed by atoms with van der Waals surface area (Å²) in [5.74, 6) is -0.121. The highest BCUT2D eigenvalue weighted by Crippen LogP contribution is 2.12. The van der Waals surface area contributed by atoms with Gasteiger partial charge in [-0.1, -0.05) is 29.8 Å². The van der Waals surface area contributed by atoms with Crippen LogP contribution in [0.3, 0.4) is 0 Å². The lowest BCUT2D eigenvalue weighted by atomic mass is 10.1. The Bertz CT molecular complexity index is 764. The molecule has 22 heavy (non-hydrogen) atoms. The lowest BCUT2D eigenvalue weighted by Crippen LogP contribution is -2.12. The van der Waals surface area contributed by atoms with E-state index in [-0.39, 0.29) is 5.91 Å². The van der Waals surface area contributed by atoms with E-state index < -0.39 is 0 Å². The van der Waals surface area contributed by atoms with Crippen molar-refractivity contribution in [3.8, 4) is 0 Å². The molecule has 0 unspecified atom stereocenters. The minimum Gasteiger partial charge on any atom is -0.322 e. The molecule has 0 atom stereocenters. The topological polar surface area (TPSA) is 59.8 Å². The van der Waals surface area contributed by atoms with Crippen LogP contribution in [0, 0.1) is 6.92 Å². The first-order valence-corrected chi connectivity index (χ1v) is 7.00. The van der Waals surface area contributed by atoms with Gasteiger partial charge in [-0.3, -0.25) is 4.79 Å². The fraction of sp³-hybridized carbons (Fsp3) is 0.118. The molecule has 0 saturated heterocycles. The number of amides is 1. The van der Waals surface area contributed by atoms with Crippen LogP contribution in [-0.2, 0) is 6.54 Å². The highest BCUT2D eigenvalue weighted by atomic mass is 16.1. The second-order valence-corrected chi connectivity index (χ2v) is 5.11. The molecule has 3 rings (SSSR count). The van der Waals surface area contributed by atoms with E-state index in [1.54, 1.807) is 17.1 Å². The largest absolute Gasteiger partial charge is 0.322 e. The first-order chi connectivity index (χ1) is 10.7. The van der Waals surface area contributed by atoms with Crippen LogP contribution in [0.2, 0.25) is 0 Å². The smallest absolute Gasteiger partial charge is 0.255 e. The summed E-state index contributed by atoms with van der Waals surface area (Å²) in [6.07, 6.45) is 3.15. The minimum absolute atomic E-state index is 0.121. The van der Waals surface area contributed by atoms with Crippen molar-refractivity contribution in [1.29, 1.82) is 0 Å². The van der Waals surface area contributed by atoms with E-state index in [1.807, 2.05) is 49.4 Å². The van der Waals surface area contributed by atoms with Gasteiger partial charge < -0.3 is 5.32 Å². The third-order valence-corrected chi connectivity index (χ3v) is 3.31. The van der Waals surface area contributed by atoms with Crippen LogP contribution in [0.15, 0.2) is 61.2 Å². The second-order valence-electron chi connectivity index (χ2n) is 5.11. The van der Waals surface area contributed by atoms with Gasteiger partial charge in [0.2, 0.25) is 0 Å². The van der Waals surface area contributed by atoms with E-state index in [2.05, 4.69) is 15.4 Å². The summed E-state index contributed by atoms with van der Waals surface area (Å²) < 4.78 is 1.72. The van der Waals surface area contributed by atoms with Crippen molar-refractivity contribution in [1.82, 2.24) is 14.8 Å². The van der Waals surface area contributed by atoms with Crippen molar-refractivity contribution < 1.29 is 4.79 Å². The third kappa shape index (κ3) is 3.38. The van der Waals surface area contributed by atoms with E-state index >= 15 is 0 Å². The fourth-order valence-corrected chi connectivity index (χ4v) is 2.15. The molecule has 3 aromatic rings. The molecule has 1 N–H and O–H groups in total. The zero-order chi connectivity index (χ0) is 15.4. The first kappa shape index (κ1) is 14.0. The molecule has 0 radical (unpaired) electrons. The Morgan fingerprint density at radius 1 is 1.18 bits per heavy atom. The van der Waals surface area contributed by atoms with Crippen LogP contribution >= 0.6 is 0 Å². The summed E-state index contributed by atoms with van der Waals surface area (Å²) in [5.41, 5.74) is 3.57. The molecular formula is C17H16N4O. The average molecular weight is 292 g/mol. The third-order valence-electron chi connectivity index (χ3n) is 3.31. The summed E-state index contributed by atoms with van der Waals surface area (Å²) in [6, 6.07) is 15.2. The summed E-state index contributed by atoms with van der Waals surface area (Å²) in [7, 11) is 0. The van der Waals surface area contributed by atoms with Crippen LogP contribution in [-0.4, -0.2) is 20.7 Å². The lowest BCUT2D eigenvalue weighted by molar-refractivity contribution is 0.102. The number of hydrogen-bond acceptors (Lipinski definition) is 3. The van der Waals surface area contributed by atoms with E-state index in [0.29, 0.717) is 12.1 Å². The Morgan fingerprint density at radius 3 is 2.73 bits per heavy atom. The molecule has 0 saturated carbocycles. The summed E-state index contributed by atoms with van der Waals surface area (Å²) in [6.45, 7) is 2.60. The molecule has 0 aliphatic carbocycles. The Morgan fingerprint density at radius 2 is 2.00 bits per heavy atom. The van der Waals surface area contributed by atoms with E-state index in [4.69, 9.17) is 0 Å². The van der Waals surface area contributed by atoms with Gasteiger partial charge in [0.05, 0.1) is 6.54 Å². The second kappa shape index (κ2) is 6.22. The van der Waals surface area contributed by atoms with Crippen LogP contribution in [0.25, 0.3) is 0 Å². The molecule has 1 amide bonds. The van der Waals surface area contributed by atoms with E-state index in [9.17, 15) is 4.79 Å². The Kier molecular flexibility index (Phi) is 3.96. The van der Waals surface area contributed by atoms with Gasteiger partial charge in [-0.05, 0) is 36.8 Å². The molecule has 5 heteroatoms. The molecular weight excluding hydrogens is 276 g/mol. The van der Waals surface area contributed by atoms with Gasteiger partial charge in [0, 0.05) is 11.3 Å². The Balaban J connectivity index is 1.73. The quantitative estimate of drug-likeness (QED) is 0.804. The summed E-state index contributed by atoms with van der Waals surface area (Å²) in [4.78, 5) is 16.2. The number of nitrogens with one attached hydrogen (secondary N) is 1. The van der Waals surface area contributed by atoms with Gasteiger partial charge in [-0.25, -0.2) is 9.67 Å². The average Bonchev–Trinajstić information content (AvgIpc) is 3.03. The molecule has 0 aliphatic rings. The molecule has 0 bridgehead atoms. The summed E-state index contributed by atoms with van der Waals surface area (Å²) in [5, 5.41) is 6.96. The number of hydrogen-bond donors (Lipinski definition) is 1. The number of aromatic nitrogens is 3. The number of benzene rings is 2. The number of rotatable bonds is 4. The first-order valence-electron chi connectivity index (χ1n) is 7.00. The van der Waals surface area contributed by atoms with Gasteiger partial charge in [0.1, 0.15) is 12.7 Å². The number of anilines is 1.